The van der Waals surface area contributed by atoms with Crippen LogP contribution < -0.4 is 0 Å². The second-order valence-corrected chi connectivity index (χ2v) is 8.29. The highest BCUT2D eigenvalue weighted by atomic mass is 32.1. The van der Waals surface area contributed by atoms with Crippen LogP contribution in [0.25, 0.3) is 56.3 Å². The molecular formula is C26H12F4N2O2S. The van der Waals surface area contributed by atoms with E-state index in [0.29, 0.717) is 45.2 Å². The van der Waals surface area contributed by atoms with Crippen molar-refractivity contribution in [1.29, 1.82) is 0 Å². The summed E-state index contributed by atoms with van der Waals surface area (Å²) in [5, 5.41) is 0. The van der Waals surface area contributed by atoms with E-state index < -0.39 is 23.3 Å². The van der Waals surface area contributed by atoms with Gasteiger partial charge in [0.1, 0.15) is 57.3 Å². The van der Waals surface area contributed by atoms with Crippen molar-refractivity contribution in [2.45, 2.75) is 0 Å². The summed E-state index contributed by atoms with van der Waals surface area (Å²) in [6.07, 6.45) is 0. The first-order chi connectivity index (χ1) is 16.9. The first-order valence-corrected chi connectivity index (χ1v) is 11.1. The van der Waals surface area contributed by atoms with Gasteiger partial charge in [-0.15, -0.1) is 0 Å². The Morgan fingerprint density at radius 3 is 1.26 bits per heavy atom. The number of benzene rings is 3. The Hall–Kier alpha value is -4.24. The van der Waals surface area contributed by atoms with Gasteiger partial charge in [0, 0.05) is 34.4 Å². The van der Waals surface area contributed by atoms with E-state index >= 15 is 0 Å². The van der Waals surface area contributed by atoms with Gasteiger partial charge in [-0.25, -0.2) is 17.6 Å². The Balaban J connectivity index is 1.39. The standard InChI is InChI=1S/C26H12F4N2O2S/c27-15-7-13(8-16(28)11-15)21-3-5-23(33-21)19-1-2-20(26-25(19)31-35-32-26)24-6-4-22(34-24)14-9-17(29)12-18(30)10-14/h1-12H. The molecule has 6 aromatic rings. The zero-order valence-electron chi connectivity index (χ0n) is 17.6. The molecule has 0 spiro atoms. The molecule has 6 rings (SSSR count). The lowest BCUT2D eigenvalue weighted by molar-refractivity contribution is 0.574. The van der Waals surface area contributed by atoms with Crippen LogP contribution in [-0.4, -0.2) is 8.75 Å². The van der Waals surface area contributed by atoms with Gasteiger partial charge in [-0.2, -0.15) is 8.75 Å². The van der Waals surface area contributed by atoms with Crippen molar-refractivity contribution < 1.29 is 26.4 Å². The first kappa shape index (κ1) is 21.3. The van der Waals surface area contributed by atoms with Crippen LogP contribution in [0.15, 0.2) is 81.6 Å². The van der Waals surface area contributed by atoms with E-state index in [-0.39, 0.29) is 11.1 Å². The second kappa shape index (κ2) is 8.21. The average molecular weight is 492 g/mol. The van der Waals surface area contributed by atoms with Crippen molar-refractivity contribution in [3.8, 4) is 45.3 Å². The van der Waals surface area contributed by atoms with E-state index in [1.165, 1.54) is 24.3 Å². The van der Waals surface area contributed by atoms with E-state index in [9.17, 15) is 17.6 Å². The molecule has 0 N–H and O–H groups in total. The van der Waals surface area contributed by atoms with E-state index in [2.05, 4.69) is 8.75 Å². The molecule has 0 saturated carbocycles. The fraction of sp³-hybridized carbons (Fsp3) is 0. The average Bonchev–Trinajstić information content (AvgIpc) is 3.58. The zero-order valence-corrected chi connectivity index (χ0v) is 18.4. The van der Waals surface area contributed by atoms with Gasteiger partial charge >= 0.3 is 0 Å². The minimum absolute atomic E-state index is 0.273. The fourth-order valence-corrected chi connectivity index (χ4v) is 4.51. The molecule has 0 aliphatic carbocycles. The molecule has 3 aromatic carbocycles. The molecule has 4 nitrogen and oxygen atoms in total. The zero-order chi connectivity index (χ0) is 24.1. The summed E-state index contributed by atoms with van der Waals surface area (Å²) in [6.45, 7) is 0. The Morgan fingerprint density at radius 2 is 0.857 bits per heavy atom. The highest BCUT2D eigenvalue weighted by Crippen LogP contribution is 2.38. The second-order valence-electron chi connectivity index (χ2n) is 7.77. The molecule has 0 aliphatic rings. The van der Waals surface area contributed by atoms with E-state index in [1.54, 1.807) is 36.4 Å². The topological polar surface area (TPSA) is 52.1 Å². The summed E-state index contributed by atoms with van der Waals surface area (Å²) in [6, 6.07) is 16.5. The van der Waals surface area contributed by atoms with Crippen molar-refractivity contribution in [2.75, 3.05) is 0 Å². The highest BCUT2D eigenvalue weighted by Gasteiger charge is 2.19. The van der Waals surface area contributed by atoms with Crippen LogP contribution in [0.5, 0.6) is 0 Å². The highest BCUT2D eigenvalue weighted by molar-refractivity contribution is 7.00. The molecule has 0 saturated heterocycles. The molecular weight excluding hydrogens is 480 g/mol. The van der Waals surface area contributed by atoms with Gasteiger partial charge in [-0.05, 0) is 60.7 Å². The van der Waals surface area contributed by atoms with Crippen molar-refractivity contribution in [3.05, 3.63) is 96.1 Å². The lowest BCUT2D eigenvalue weighted by Gasteiger charge is -2.04. The van der Waals surface area contributed by atoms with Crippen LogP contribution in [0.3, 0.4) is 0 Å². The van der Waals surface area contributed by atoms with Crippen LogP contribution in [0.4, 0.5) is 17.6 Å². The van der Waals surface area contributed by atoms with Gasteiger partial charge < -0.3 is 8.83 Å². The molecule has 35 heavy (non-hydrogen) atoms. The molecule has 172 valence electrons. The van der Waals surface area contributed by atoms with E-state index in [0.717, 1.165) is 23.9 Å². The molecule has 0 atom stereocenters. The molecule has 0 fully saturated rings. The van der Waals surface area contributed by atoms with Gasteiger partial charge in [0.2, 0.25) is 0 Å². The molecule has 3 heterocycles. The SMILES string of the molecule is Fc1cc(F)cc(-c2ccc(-c3ccc(-c4ccc(-c5cc(F)cc(F)c5)o4)c4nsnc34)o2)c1. The predicted molar refractivity (Wildman–Crippen MR) is 124 cm³/mol. The van der Waals surface area contributed by atoms with Crippen LogP contribution >= 0.6 is 11.7 Å². The monoisotopic (exact) mass is 492 g/mol. The number of fused-ring (bicyclic) bond motifs is 1. The third kappa shape index (κ3) is 3.89. The minimum atomic E-state index is -0.702. The van der Waals surface area contributed by atoms with Crippen LogP contribution in [0.1, 0.15) is 0 Å². The Morgan fingerprint density at radius 1 is 0.486 bits per heavy atom. The predicted octanol–water partition coefficient (Wildman–Crippen LogP) is 8.10. The molecule has 3 aromatic heterocycles. The number of furan rings is 2. The maximum absolute atomic E-state index is 13.6. The summed E-state index contributed by atoms with van der Waals surface area (Å²) < 4.78 is 75.0. The largest absolute Gasteiger partial charge is 0.456 e. The lowest BCUT2D eigenvalue weighted by Crippen LogP contribution is -1.84. The molecule has 9 heteroatoms. The van der Waals surface area contributed by atoms with Gasteiger partial charge in [0.15, 0.2) is 0 Å². The van der Waals surface area contributed by atoms with Crippen molar-refractivity contribution in [1.82, 2.24) is 8.75 Å². The number of aromatic nitrogens is 2. The minimum Gasteiger partial charge on any atom is -0.456 e. The smallest absolute Gasteiger partial charge is 0.137 e. The number of hydrogen-bond donors (Lipinski definition) is 0. The van der Waals surface area contributed by atoms with E-state index in [4.69, 9.17) is 8.83 Å². The summed E-state index contributed by atoms with van der Waals surface area (Å²) in [5.74, 6) is -1.30. The molecule has 0 amide bonds. The van der Waals surface area contributed by atoms with Gasteiger partial charge in [-0.1, -0.05) is 0 Å². The lowest BCUT2D eigenvalue weighted by atomic mass is 10.0. The van der Waals surface area contributed by atoms with Crippen molar-refractivity contribution >= 4 is 22.8 Å². The number of nitrogens with zero attached hydrogens (tertiary/aromatic N) is 2. The number of hydrogen-bond acceptors (Lipinski definition) is 5. The van der Waals surface area contributed by atoms with Gasteiger partial charge in [-0.3, -0.25) is 0 Å². The van der Waals surface area contributed by atoms with E-state index in [1.807, 2.05) is 0 Å². The summed E-state index contributed by atoms with van der Waals surface area (Å²) in [5.41, 5.74) is 2.92. The Bertz CT molecular complexity index is 1560. The van der Waals surface area contributed by atoms with Gasteiger partial charge in [0.05, 0.1) is 11.7 Å². The van der Waals surface area contributed by atoms with Gasteiger partial charge in [0.25, 0.3) is 0 Å². The number of rotatable bonds is 4. The normalized spacial score (nSPS) is 11.4. The Labute approximate surface area is 199 Å². The van der Waals surface area contributed by atoms with Crippen LogP contribution in [0.2, 0.25) is 0 Å². The summed E-state index contributed by atoms with van der Waals surface area (Å²) in [7, 11) is 0. The van der Waals surface area contributed by atoms with Crippen molar-refractivity contribution in [3.63, 3.8) is 0 Å². The quantitative estimate of drug-likeness (QED) is 0.233. The summed E-state index contributed by atoms with van der Waals surface area (Å²) in [4.78, 5) is 0. The van der Waals surface area contributed by atoms with Crippen LogP contribution in [0, 0.1) is 23.3 Å². The summed E-state index contributed by atoms with van der Waals surface area (Å²) >= 11 is 1.00. The molecule has 0 bridgehead atoms. The molecule has 0 radical (unpaired) electrons. The van der Waals surface area contributed by atoms with Crippen molar-refractivity contribution in [2.24, 2.45) is 0 Å². The van der Waals surface area contributed by atoms with Crippen LogP contribution in [-0.2, 0) is 0 Å². The first-order valence-electron chi connectivity index (χ1n) is 10.3. The maximum atomic E-state index is 13.6. The third-order valence-corrected chi connectivity index (χ3v) is 5.98. The third-order valence-electron chi connectivity index (χ3n) is 5.45. The fourth-order valence-electron chi connectivity index (χ4n) is 3.93. The maximum Gasteiger partial charge on any atom is 0.137 e. The molecule has 0 aliphatic heterocycles. The number of halogens is 4. The Kier molecular flexibility index (Phi) is 5.00. The molecule has 0 unspecified atom stereocenters.